The van der Waals surface area contributed by atoms with Crippen molar-refractivity contribution >= 4 is 44.8 Å². The van der Waals surface area contributed by atoms with Gasteiger partial charge in [0, 0.05) is 36.4 Å². The van der Waals surface area contributed by atoms with Crippen LogP contribution in [0.2, 0.25) is 5.02 Å². The molecule has 1 heterocycles. The SMILES string of the molecule is CC(=O)N1c2ccc(S(=O)(=O)N(C)CC(=O)Nc3cc(Cl)ccc3C)cc2C[C@@H]1C. The molecule has 0 unspecified atom stereocenters. The van der Waals surface area contributed by atoms with Crippen LogP contribution in [-0.2, 0) is 26.0 Å². The number of hydrogen-bond donors (Lipinski definition) is 1. The minimum absolute atomic E-state index is 0.0279. The molecule has 30 heavy (non-hydrogen) atoms. The topological polar surface area (TPSA) is 86.8 Å². The zero-order valence-corrected chi connectivity index (χ0v) is 18.8. The van der Waals surface area contributed by atoms with E-state index in [1.807, 2.05) is 13.8 Å². The number of halogens is 1. The van der Waals surface area contributed by atoms with Gasteiger partial charge in [0.05, 0.1) is 11.4 Å². The van der Waals surface area contributed by atoms with Crippen molar-refractivity contribution in [1.29, 1.82) is 0 Å². The third-order valence-electron chi connectivity index (χ3n) is 5.15. The minimum atomic E-state index is -3.88. The number of carbonyl (C=O) groups excluding carboxylic acids is 2. The Morgan fingerprint density at radius 1 is 1.23 bits per heavy atom. The molecule has 0 saturated heterocycles. The highest BCUT2D eigenvalue weighted by Gasteiger charge is 2.31. The van der Waals surface area contributed by atoms with Crippen molar-refractivity contribution in [1.82, 2.24) is 4.31 Å². The second-order valence-corrected chi connectivity index (χ2v) is 9.98. The molecule has 1 N–H and O–H groups in total. The van der Waals surface area contributed by atoms with Crippen LogP contribution in [0.5, 0.6) is 0 Å². The molecule has 0 aliphatic carbocycles. The summed E-state index contributed by atoms with van der Waals surface area (Å²) in [6.07, 6.45) is 0.580. The molecule has 3 rings (SSSR count). The maximum absolute atomic E-state index is 13.0. The molecule has 1 aliphatic heterocycles. The Bertz CT molecular complexity index is 1120. The first-order chi connectivity index (χ1) is 14.0. The third kappa shape index (κ3) is 4.35. The number of fused-ring (bicyclic) bond motifs is 1. The molecule has 7 nitrogen and oxygen atoms in total. The molecule has 0 aromatic heterocycles. The smallest absolute Gasteiger partial charge is 0.243 e. The number of aryl methyl sites for hydroxylation is 1. The van der Waals surface area contributed by atoms with Crippen molar-refractivity contribution in [2.24, 2.45) is 0 Å². The van der Waals surface area contributed by atoms with Gasteiger partial charge in [0.25, 0.3) is 0 Å². The van der Waals surface area contributed by atoms with Gasteiger partial charge in [0.15, 0.2) is 0 Å². The van der Waals surface area contributed by atoms with Crippen molar-refractivity contribution < 1.29 is 18.0 Å². The number of carbonyl (C=O) groups is 2. The summed E-state index contributed by atoms with van der Waals surface area (Å²) in [5, 5.41) is 3.17. The highest BCUT2D eigenvalue weighted by atomic mass is 35.5. The third-order valence-corrected chi connectivity index (χ3v) is 7.19. The lowest BCUT2D eigenvalue weighted by Gasteiger charge is -2.21. The summed E-state index contributed by atoms with van der Waals surface area (Å²) < 4.78 is 27.0. The summed E-state index contributed by atoms with van der Waals surface area (Å²) in [5.41, 5.74) is 2.88. The minimum Gasteiger partial charge on any atom is -0.325 e. The number of nitrogens with zero attached hydrogens (tertiary/aromatic N) is 2. The molecule has 0 bridgehead atoms. The van der Waals surface area contributed by atoms with Gasteiger partial charge in [-0.1, -0.05) is 17.7 Å². The van der Waals surface area contributed by atoms with E-state index in [2.05, 4.69) is 5.32 Å². The lowest BCUT2D eigenvalue weighted by Crippen LogP contribution is -2.35. The van der Waals surface area contributed by atoms with Crippen molar-refractivity contribution in [3.63, 3.8) is 0 Å². The van der Waals surface area contributed by atoms with Crippen LogP contribution in [0.3, 0.4) is 0 Å². The van der Waals surface area contributed by atoms with E-state index >= 15 is 0 Å². The predicted octanol–water partition coefficient (Wildman–Crippen LogP) is 3.21. The van der Waals surface area contributed by atoms with Gasteiger partial charge in [-0.25, -0.2) is 8.42 Å². The van der Waals surface area contributed by atoms with E-state index in [1.54, 1.807) is 35.2 Å². The average molecular weight is 450 g/mol. The molecule has 2 aromatic rings. The number of nitrogens with one attached hydrogen (secondary N) is 1. The van der Waals surface area contributed by atoms with Crippen LogP contribution in [0.4, 0.5) is 11.4 Å². The Morgan fingerprint density at radius 2 is 1.93 bits per heavy atom. The average Bonchev–Trinajstić information content (AvgIpc) is 2.99. The van der Waals surface area contributed by atoms with Gasteiger partial charge in [-0.2, -0.15) is 4.31 Å². The van der Waals surface area contributed by atoms with Gasteiger partial charge in [0.2, 0.25) is 21.8 Å². The maximum Gasteiger partial charge on any atom is 0.243 e. The normalized spacial score (nSPS) is 15.9. The Labute approximate surface area is 181 Å². The van der Waals surface area contributed by atoms with E-state index in [1.165, 1.54) is 20.0 Å². The lowest BCUT2D eigenvalue weighted by molar-refractivity contribution is -0.117. The number of anilines is 2. The Kier molecular flexibility index (Phi) is 6.21. The fourth-order valence-corrected chi connectivity index (χ4v) is 4.98. The molecular formula is C21H24ClN3O4S. The van der Waals surface area contributed by atoms with E-state index in [0.29, 0.717) is 17.1 Å². The Hall–Kier alpha value is -2.42. The van der Waals surface area contributed by atoms with Gasteiger partial charge >= 0.3 is 0 Å². The number of rotatable bonds is 5. The number of likely N-dealkylation sites (N-methyl/N-ethyl adjacent to an activating group) is 1. The van der Waals surface area contributed by atoms with Crippen LogP contribution in [0.25, 0.3) is 0 Å². The quantitative estimate of drug-likeness (QED) is 0.759. The van der Waals surface area contributed by atoms with Crippen LogP contribution in [0.1, 0.15) is 25.0 Å². The second kappa shape index (κ2) is 8.37. The van der Waals surface area contributed by atoms with Crippen molar-refractivity contribution in [2.45, 2.75) is 38.1 Å². The van der Waals surface area contributed by atoms with Crippen LogP contribution in [0, 0.1) is 6.92 Å². The van der Waals surface area contributed by atoms with Crippen molar-refractivity contribution in [2.75, 3.05) is 23.8 Å². The fraction of sp³-hybridized carbons (Fsp3) is 0.333. The lowest BCUT2D eigenvalue weighted by atomic mass is 10.1. The van der Waals surface area contributed by atoms with Crippen LogP contribution < -0.4 is 10.2 Å². The fourth-order valence-electron chi connectivity index (χ4n) is 3.63. The number of sulfonamides is 1. The molecule has 1 atom stereocenters. The van der Waals surface area contributed by atoms with Gasteiger partial charge in [-0.3, -0.25) is 9.59 Å². The van der Waals surface area contributed by atoms with E-state index in [4.69, 9.17) is 11.6 Å². The molecule has 160 valence electrons. The summed E-state index contributed by atoms with van der Waals surface area (Å²) in [6, 6.07) is 9.78. The molecule has 0 spiro atoms. The van der Waals surface area contributed by atoms with Gasteiger partial charge in [0.1, 0.15) is 0 Å². The van der Waals surface area contributed by atoms with Crippen LogP contribution in [-0.4, -0.2) is 44.2 Å². The monoisotopic (exact) mass is 449 g/mol. The zero-order valence-electron chi connectivity index (χ0n) is 17.3. The summed E-state index contributed by atoms with van der Waals surface area (Å²) >= 11 is 5.96. The summed E-state index contributed by atoms with van der Waals surface area (Å²) in [5.74, 6) is -0.550. The summed E-state index contributed by atoms with van der Waals surface area (Å²) in [7, 11) is -2.52. The Balaban J connectivity index is 1.77. The van der Waals surface area contributed by atoms with E-state index in [9.17, 15) is 18.0 Å². The molecule has 0 radical (unpaired) electrons. The molecule has 0 fully saturated rings. The highest BCUT2D eigenvalue weighted by molar-refractivity contribution is 7.89. The standard InChI is InChI=1S/C21H24ClN3O4S/c1-13-5-6-17(22)11-19(13)23-21(27)12-24(4)30(28,29)18-7-8-20-16(10-18)9-14(2)25(20)15(3)26/h5-8,10-11,14H,9,12H2,1-4H3,(H,23,27)/t14-/m0/s1. The Morgan fingerprint density at radius 3 is 2.60 bits per heavy atom. The first kappa shape index (κ1) is 22.3. The number of hydrogen-bond acceptors (Lipinski definition) is 4. The highest BCUT2D eigenvalue weighted by Crippen LogP contribution is 2.34. The molecule has 2 aromatic carbocycles. The van der Waals surface area contributed by atoms with E-state index in [0.717, 1.165) is 21.1 Å². The molecular weight excluding hydrogens is 426 g/mol. The van der Waals surface area contributed by atoms with Crippen molar-refractivity contribution in [3.05, 3.63) is 52.5 Å². The van der Waals surface area contributed by atoms with E-state index < -0.39 is 15.9 Å². The van der Waals surface area contributed by atoms with Crippen molar-refractivity contribution in [3.8, 4) is 0 Å². The van der Waals surface area contributed by atoms with Gasteiger partial charge in [-0.05, 0) is 61.7 Å². The van der Waals surface area contributed by atoms with Crippen LogP contribution in [0.15, 0.2) is 41.3 Å². The largest absolute Gasteiger partial charge is 0.325 e. The molecule has 2 amide bonds. The second-order valence-electron chi connectivity index (χ2n) is 7.50. The summed E-state index contributed by atoms with van der Waals surface area (Å²) in [6.45, 7) is 4.89. The maximum atomic E-state index is 13.0. The van der Waals surface area contributed by atoms with E-state index in [-0.39, 0.29) is 23.4 Å². The molecule has 9 heteroatoms. The number of amides is 2. The molecule has 1 aliphatic rings. The first-order valence-corrected chi connectivity index (χ1v) is 11.3. The van der Waals surface area contributed by atoms with Crippen LogP contribution >= 0.6 is 11.6 Å². The number of benzene rings is 2. The summed E-state index contributed by atoms with van der Waals surface area (Å²) in [4.78, 5) is 26.0. The molecule has 0 saturated carbocycles. The predicted molar refractivity (Wildman–Crippen MR) is 117 cm³/mol. The first-order valence-electron chi connectivity index (χ1n) is 9.45. The zero-order chi connectivity index (χ0) is 22.2. The van der Waals surface area contributed by atoms with Gasteiger partial charge in [-0.15, -0.1) is 0 Å². The van der Waals surface area contributed by atoms with Gasteiger partial charge < -0.3 is 10.2 Å².